The summed E-state index contributed by atoms with van der Waals surface area (Å²) in [4.78, 5) is 22.7. The molecule has 0 radical (unpaired) electrons. The van der Waals surface area contributed by atoms with E-state index >= 15 is 0 Å². The van der Waals surface area contributed by atoms with Crippen molar-refractivity contribution in [2.45, 2.75) is 0 Å². The summed E-state index contributed by atoms with van der Waals surface area (Å²) >= 11 is 0. The molecule has 0 aliphatic heterocycles. The number of carboxylic acid groups (broad SMARTS) is 1. The number of carbonyl (C=O) groups excluding carboxylic acids is 1. The molecule has 0 heterocycles. The van der Waals surface area contributed by atoms with Crippen molar-refractivity contribution >= 4 is 17.8 Å². The van der Waals surface area contributed by atoms with Crippen LogP contribution in [-0.4, -0.2) is 16.9 Å². The van der Waals surface area contributed by atoms with Gasteiger partial charge in [0.25, 0.3) is 0 Å². The first kappa shape index (κ1) is 11.4. The van der Waals surface area contributed by atoms with Gasteiger partial charge in [-0.2, -0.15) is 0 Å². The molecule has 1 N–H and O–H groups in total. The lowest BCUT2D eigenvalue weighted by Gasteiger charge is -2.00. The van der Waals surface area contributed by atoms with Gasteiger partial charge in [0, 0.05) is 17.2 Å². The molecule has 0 saturated carbocycles. The lowest BCUT2D eigenvalue weighted by Crippen LogP contribution is -1.95. The summed E-state index contributed by atoms with van der Waals surface area (Å²) in [5, 5.41) is 8.61. The van der Waals surface area contributed by atoms with Crippen LogP contribution in [0.15, 0.2) is 48.5 Å². The highest BCUT2D eigenvalue weighted by Crippen LogP contribution is 2.36. The van der Waals surface area contributed by atoms with Gasteiger partial charge in [-0.05, 0) is 28.8 Å². The second kappa shape index (κ2) is 4.21. The smallest absolute Gasteiger partial charge is 0.328 e. The number of aliphatic carboxylic acids is 1. The second-order valence-corrected chi connectivity index (χ2v) is 4.35. The average Bonchev–Trinajstić information content (AvgIpc) is 2.71. The number of hydrogen-bond donors (Lipinski definition) is 1. The van der Waals surface area contributed by atoms with E-state index in [0.29, 0.717) is 16.7 Å². The third kappa shape index (κ3) is 1.85. The molecular formula is C16H10O3. The third-order valence-corrected chi connectivity index (χ3v) is 3.17. The molecule has 0 bridgehead atoms. The standard InChI is InChI=1S/C16H10O3/c17-15(18)8-6-10-5-7-12-11-3-1-2-4-13(11)16(19)14(12)9-10/h1-9H,(H,17,18)/b8-6+. The molecule has 3 nitrogen and oxygen atoms in total. The maximum absolute atomic E-state index is 12.2. The SMILES string of the molecule is O=C(O)/C=C/c1ccc2c(c1)C(=O)c1ccccc1-2. The van der Waals surface area contributed by atoms with E-state index < -0.39 is 5.97 Å². The van der Waals surface area contributed by atoms with Gasteiger partial charge in [-0.1, -0.05) is 36.4 Å². The maximum Gasteiger partial charge on any atom is 0.328 e. The van der Waals surface area contributed by atoms with E-state index in [1.165, 1.54) is 6.08 Å². The summed E-state index contributed by atoms with van der Waals surface area (Å²) in [5.41, 5.74) is 3.90. The zero-order valence-corrected chi connectivity index (χ0v) is 9.96. The minimum atomic E-state index is -1.00. The summed E-state index contributed by atoms with van der Waals surface area (Å²) in [6.07, 6.45) is 2.55. The summed E-state index contributed by atoms with van der Waals surface area (Å²) < 4.78 is 0. The van der Waals surface area contributed by atoms with Crippen LogP contribution in [0.4, 0.5) is 0 Å². The van der Waals surface area contributed by atoms with E-state index in [2.05, 4.69) is 0 Å². The van der Waals surface area contributed by atoms with Gasteiger partial charge in [0.15, 0.2) is 5.78 Å². The number of carbonyl (C=O) groups is 2. The van der Waals surface area contributed by atoms with Gasteiger partial charge < -0.3 is 5.11 Å². The van der Waals surface area contributed by atoms with Crippen molar-refractivity contribution in [3.8, 4) is 11.1 Å². The average molecular weight is 250 g/mol. The summed E-state index contributed by atoms with van der Waals surface area (Å²) in [6.45, 7) is 0. The molecule has 1 aliphatic rings. The van der Waals surface area contributed by atoms with Gasteiger partial charge in [-0.15, -0.1) is 0 Å². The Morgan fingerprint density at radius 2 is 1.63 bits per heavy atom. The Morgan fingerprint density at radius 1 is 0.947 bits per heavy atom. The molecule has 2 aromatic carbocycles. The first-order valence-corrected chi connectivity index (χ1v) is 5.86. The molecule has 0 aromatic heterocycles. The predicted octanol–water partition coefficient (Wildman–Crippen LogP) is 3.00. The Morgan fingerprint density at radius 3 is 2.37 bits per heavy atom. The van der Waals surface area contributed by atoms with Gasteiger partial charge >= 0.3 is 5.97 Å². The summed E-state index contributed by atoms with van der Waals surface area (Å²) in [7, 11) is 0. The molecule has 3 rings (SSSR count). The fourth-order valence-electron chi connectivity index (χ4n) is 2.32. The number of carboxylic acids is 1. The molecule has 0 amide bonds. The van der Waals surface area contributed by atoms with Crippen LogP contribution in [0.1, 0.15) is 21.5 Å². The lowest BCUT2D eigenvalue weighted by atomic mass is 10.0. The highest BCUT2D eigenvalue weighted by Gasteiger charge is 2.25. The molecule has 0 fully saturated rings. The van der Waals surface area contributed by atoms with E-state index in [0.717, 1.165) is 17.2 Å². The van der Waals surface area contributed by atoms with Crippen molar-refractivity contribution in [2.75, 3.05) is 0 Å². The zero-order chi connectivity index (χ0) is 13.4. The molecular weight excluding hydrogens is 240 g/mol. The molecule has 0 spiro atoms. The van der Waals surface area contributed by atoms with E-state index in [4.69, 9.17) is 5.11 Å². The number of rotatable bonds is 2. The van der Waals surface area contributed by atoms with Crippen LogP contribution < -0.4 is 0 Å². The minimum absolute atomic E-state index is 0.00354. The Labute approximate surface area is 109 Å². The highest BCUT2D eigenvalue weighted by molar-refractivity contribution is 6.21. The fraction of sp³-hybridized carbons (Fsp3) is 0. The van der Waals surface area contributed by atoms with Crippen LogP contribution in [0.3, 0.4) is 0 Å². The topological polar surface area (TPSA) is 54.4 Å². The molecule has 2 aromatic rings. The number of hydrogen-bond acceptors (Lipinski definition) is 2. The fourth-order valence-corrected chi connectivity index (χ4v) is 2.32. The third-order valence-electron chi connectivity index (χ3n) is 3.17. The number of benzene rings is 2. The van der Waals surface area contributed by atoms with Crippen LogP contribution in [0, 0.1) is 0 Å². The van der Waals surface area contributed by atoms with Crippen molar-refractivity contribution in [1.82, 2.24) is 0 Å². The van der Waals surface area contributed by atoms with Crippen LogP contribution in [-0.2, 0) is 4.79 Å². The van der Waals surface area contributed by atoms with Gasteiger partial charge in [0.05, 0.1) is 0 Å². The van der Waals surface area contributed by atoms with Gasteiger partial charge in [-0.3, -0.25) is 4.79 Å². The summed E-state index contributed by atoms with van der Waals surface area (Å²) in [5.74, 6) is -1.01. The number of fused-ring (bicyclic) bond motifs is 3. The summed E-state index contributed by atoms with van der Waals surface area (Å²) in [6, 6.07) is 12.9. The van der Waals surface area contributed by atoms with E-state index in [1.54, 1.807) is 6.07 Å². The molecule has 0 atom stereocenters. The van der Waals surface area contributed by atoms with Crippen LogP contribution in [0.5, 0.6) is 0 Å². The molecule has 92 valence electrons. The van der Waals surface area contributed by atoms with Crippen molar-refractivity contribution in [1.29, 1.82) is 0 Å². The van der Waals surface area contributed by atoms with E-state index in [1.807, 2.05) is 36.4 Å². The Kier molecular flexibility index (Phi) is 2.53. The molecule has 0 unspecified atom stereocenters. The largest absolute Gasteiger partial charge is 0.478 e. The van der Waals surface area contributed by atoms with E-state index in [9.17, 15) is 9.59 Å². The second-order valence-electron chi connectivity index (χ2n) is 4.35. The van der Waals surface area contributed by atoms with Crippen molar-refractivity contribution in [3.05, 3.63) is 65.2 Å². The van der Waals surface area contributed by atoms with E-state index in [-0.39, 0.29) is 5.78 Å². The van der Waals surface area contributed by atoms with Crippen molar-refractivity contribution in [3.63, 3.8) is 0 Å². The quantitative estimate of drug-likeness (QED) is 0.711. The highest BCUT2D eigenvalue weighted by atomic mass is 16.4. The predicted molar refractivity (Wildman–Crippen MR) is 72.0 cm³/mol. The van der Waals surface area contributed by atoms with Crippen LogP contribution in [0.25, 0.3) is 17.2 Å². The maximum atomic E-state index is 12.2. The van der Waals surface area contributed by atoms with Crippen LogP contribution >= 0.6 is 0 Å². The van der Waals surface area contributed by atoms with Crippen LogP contribution in [0.2, 0.25) is 0 Å². The van der Waals surface area contributed by atoms with Crippen molar-refractivity contribution < 1.29 is 14.7 Å². The van der Waals surface area contributed by atoms with Gasteiger partial charge in [0.2, 0.25) is 0 Å². The Hall–Kier alpha value is -2.68. The minimum Gasteiger partial charge on any atom is -0.478 e. The van der Waals surface area contributed by atoms with Gasteiger partial charge in [0.1, 0.15) is 0 Å². The normalized spacial score (nSPS) is 12.5. The van der Waals surface area contributed by atoms with Gasteiger partial charge in [-0.25, -0.2) is 4.79 Å². The van der Waals surface area contributed by atoms with Crippen molar-refractivity contribution in [2.24, 2.45) is 0 Å². The first-order valence-electron chi connectivity index (χ1n) is 5.86. The molecule has 1 aliphatic carbocycles. The lowest BCUT2D eigenvalue weighted by molar-refractivity contribution is -0.131. The molecule has 0 saturated heterocycles. The number of ketones is 1. The first-order chi connectivity index (χ1) is 9.16. The monoisotopic (exact) mass is 250 g/mol. The zero-order valence-electron chi connectivity index (χ0n) is 9.96. The Balaban J connectivity index is 2.10. The Bertz CT molecular complexity index is 727. The molecule has 3 heteroatoms. The molecule has 19 heavy (non-hydrogen) atoms.